The van der Waals surface area contributed by atoms with Crippen molar-refractivity contribution in [2.24, 2.45) is 11.3 Å². The summed E-state index contributed by atoms with van der Waals surface area (Å²) in [5.74, 6) is 0.0828. The van der Waals surface area contributed by atoms with E-state index in [-0.39, 0.29) is 29.1 Å². The smallest absolute Gasteiger partial charge is 0.314 e. The summed E-state index contributed by atoms with van der Waals surface area (Å²) in [5.41, 5.74) is 3.50. The number of benzene rings is 3. The number of hydrogen-bond acceptors (Lipinski definition) is 4. The maximum Gasteiger partial charge on any atom is 0.314 e. The van der Waals surface area contributed by atoms with Gasteiger partial charge in [-0.3, -0.25) is 9.59 Å². The third-order valence-electron chi connectivity index (χ3n) is 9.17. The second-order valence-electron chi connectivity index (χ2n) is 10.5. The zero-order valence-corrected chi connectivity index (χ0v) is 21.3. The Morgan fingerprint density at radius 2 is 1.65 bits per heavy atom. The first-order valence-electron chi connectivity index (χ1n) is 12.8. The molecule has 2 bridgehead atoms. The molecule has 5 nitrogen and oxygen atoms in total. The van der Waals surface area contributed by atoms with Gasteiger partial charge in [-0.05, 0) is 35.6 Å². The molecule has 3 aliphatic carbocycles. The molecule has 37 heavy (non-hydrogen) atoms. The highest BCUT2D eigenvalue weighted by Crippen LogP contribution is 2.69. The topological polar surface area (TPSA) is 55.8 Å². The molecule has 2 fully saturated rings. The molecule has 1 heterocycles. The SMILES string of the molecule is C=C(C(=O)N1C[C@@H]2[C@@]3(c4ccccc4)CC[C@H](c4ccccc43)[C@]2(C(=O)OC)C1)c1ccccc1OC. The van der Waals surface area contributed by atoms with Gasteiger partial charge in [0.05, 0.1) is 19.6 Å². The van der Waals surface area contributed by atoms with Crippen molar-refractivity contribution in [3.63, 3.8) is 0 Å². The number of methoxy groups -OCH3 is 2. The number of fused-ring (bicyclic) bond motifs is 1. The summed E-state index contributed by atoms with van der Waals surface area (Å²) in [4.78, 5) is 29.7. The van der Waals surface area contributed by atoms with Gasteiger partial charge in [0.1, 0.15) is 5.75 Å². The summed E-state index contributed by atoms with van der Waals surface area (Å²) in [7, 11) is 3.06. The van der Waals surface area contributed by atoms with Crippen molar-refractivity contribution >= 4 is 17.4 Å². The molecule has 0 aromatic heterocycles. The van der Waals surface area contributed by atoms with Gasteiger partial charge in [0.25, 0.3) is 5.91 Å². The lowest BCUT2D eigenvalue weighted by molar-refractivity contribution is -0.161. The molecule has 3 aromatic carbocycles. The molecule has 1 saturated carbocycles. The lowest BCUT2D eigenvalue weighted by Crippen LogP contribution is -2.60. The van der Waals surface area contributed by atoms with E-state index in [2.05, 4.69) is 55.1 Å². The first kappa shape index (κ1) is 23.5. The molecular formula is C32H31NO4. The molecule has 0 radical (unpaired) electrons. The fraction of sp³-hybridized carbons (Fsp3) is 0.312. The van der Waals surface area contributed by atoms with Crippen molar-refractivity contribution in [3.05, 3.63) is 108 Å². The van der Waals surface area contributed by atoms with E-state index in [0.717, 1.165) is 12.8 Å². The van der Waals surface area contributed by atoms with E-state index in [0.29, 0.717) is 30.0 Å². The van der Waals surface area contributed by atoms with Crippen LogP contribution in [0.2, 0.25) is 0 Å². The van der Waals surface area contributed by atoms with Gasteiger partial charge in [-0.1, -0.05) is 79.4 Å². The van der Waals surface area contributed by atoms with Crippen LogP contribution in [-0.2, 0) is 19.7 Å². The summed E-state index contributed by atoms with van der Waals surface area (Å²) in [6.07, 6.45) is 1.80. The number of carbonyl (C=O) groups excluding carboxylic acids is 2. The molecule has 1 saturated heterocycles. The fourth-order valence-corrected chi connectivity index (χ4v) is 7.72. The van der Waals surface area contributed by atoms with Crippen LogP contribution in [0.15, 0.2) is 85.4 Å². The minimum absolute atomic E-state index is 0.0101. The number of nitrogens with zero attached hydrogens (tertiary/aromatic N) is 1. The van der Waals surface area contributed by atoms with Crippen LogP contribution in [0.5, 0.6) is 5.75 Å². The largest absolute Gasteiger partial charge is 0.496 e. The van der Waals surface area contributed by atoms with Crippen LogP contribution in [0.25, 0.3) is 5.57 Å². The summed E-state index contributed by atoms with van der Waals surface area (Å²) >= 11 is 0. The normalized spacial score (nSPS) is 27.2. The van der Waals surface area contributed by atoms with Crippen molar-refractivity contribution in [1.82, 2.24) is 4.90 Å². The Labute approximate surface area is 217 Å². The van der Waals surface area contributed by atoms with Crippen molar-refractivity contribution in [2.45, 2.75) is 24.2 Å². The predicted octanol–water partition coefficient (Wildman–Crippen LogP) is 5.20. The number of rotatable bonds is 5. The number of carbonyl (C=O) groups is 2. The number of esters is 1. The Kier molecular flexibility index (Phi) is 5.48. The third kappa shape index (κ3) is 3.09. The standard InChI is InChI=1S/C32H31NO4/c1-21(23-13-8-10-16-27(23)36-2)29(34)33-19-28-31(22-11-5-4-6-12-22)18-17-26(24-14-7-9-15-25(24)31)32(28,20-33)30(35)37-3/h4-16,26,28H,1,17-20H2,2-3H3/t26-,28-,31-,32-/m1/s1. The Bertz CT molecular complexity index is 1400. The number of para-hydroxylation sites is 1. The van der Waals surface area contributed by atoms with Crippen LogP contribution in [0, 0.1) is 11.3 Å². The van der Waals surface area contributed by atoms with E-state index in [1.54, 1.807) is 7.11 Å². The first-order chi connectivity index (χ1) is 18.0. The molecule has 0 N–H and O–H groups in total. The third-order valence-corrected chi connectivity index (χ3v) is 9.17. The molecule has 188 valence electrons. The predicted molar refractivity (Wildman–Crippen MR) is 142 cm³/mol. The van der Waals surface area contributed by atoms with E-state index in [1.165, 1.54) is 23.8 Å². The maximum absolute atomic E-state index is 14.0. The molecule has 0 unspecified atom stereocenters. The average molecular weight is 494 g/mol. The fourth-order valence-electron chi connectivity index (χ4n) is 7.72. The Morgan fingerprint density at radius 3 is 2.41 bits per heavy atom. The van der Waals surface area contributed by atoms with Crippen LogP contribution in [0.4, 0.5) is 0 Å². The van der Waals surface area contributed by atoms with Gasteiger partial charge >= 0.3 is 5.97 Å². The zero-order chi connectivity index (χ0) is 25.8. The van der Waals surface area contributed by atoms with Crippen molar-refractivity contribution in [3.8, 4) is 5.75 Å². The van der Waals surface area contributed by atoms with Gasteiger partial charge in [-0.25, -0.2) is 0 Å². The number of ether oxygens (including phenoxy) is 2. The van der Waals surface area contributed by atoms with Crippen LogP contribution in [-0.4, -0.2) is 44.1 Å². The second-order valence-corrected chi connectivity index (χ2v) is 10.5. The monoisotopic (exact) mass is 493 g/mol. The van der Waals surface area contributed by atoms with Gasteiger partial charge in [-0.15, -0.1) is 0 Å². The van der Waals surface area contributed by atoms with E-state index >= 15 is 0 Å². The highest BCUT2D eigenvalue weighted by Gasteiger charge is 2.71. The molecule has 1 aliphatic heterocycles. The summed E-state index contributed by atoms with van der Waals surface area (Å²) in [6, 6.07) is 26.4. The molecular weight excluding hydrogens is 462 g/mol. The van der Waals surface area contributed by atoms with Gasteiger partial charge in [0.15, 0.2) is 0 Å². The van der Waals surface area contributed by atoms with Gasteiger partial charge < -0.3 is 14.4 Å². The van der Waals surface area contributed by atoms with Gasteiger partial charge in [-0.2, -0.15) is 0 Å². The summed E-state index contributed by atoms with van der Waals surface area (Å²) in [5, 5.41) is 0. The molecule has 1 amide bonds. The van der Waals surface area contributed by atoms with Crippen LogP contribution in [0.1, 0.15) is 41.0 Å². The minimum atomic E-state index is -0.825. The van der Waals surface area contributed by atoms with E-state index in [9.17, 15) is 9.59 Å². The number of hydrogen-bond donors (Lipinski definition) is 0. The van der Waals surface area contributed by atoms with E-state index in [1.807, 2.05) is 35.2 Å². The van der Waals surface area contributed by atoms with Gasteiger partial charge in [0, 0.05) is 41.5 Å². The molecule has 0 spiro atoms. The van der Waals surface area contributed by atoms with Crippen molar-refractivity contribution < 1.29 is 19.1 Å². The molecule has 5 heteroatoms. The molecule has 4 atom stereocenters. The maximum atomic E-state index is 14.0. The van der Waals surface area contributed by atoms with Crippen molar-refractivity contribution in [2.75, 3.05) is 27.3 Å². The lowest BCUT2D eigenvalue weighted by atomic mass is 9.42. The van der Waals surface area contributed by atoms with E-state index in [4.69, 9.17) is 9.47 Å². The zero-order valence-electron chi connectivity index (χ0n) is 21.3. The van der Waals surface area contributed by atoms with Crippen molar-refractivity contribution in [1.29, 1.82) is 0 Å². The molecule has 3 aromatic rings. The Morgan fingerprint density at radius 1 is 0.946 bits per heavy atom. The second kappa shape index (κ2) is 8.62. The number of amides is 1. The quantitative estimate of drug-likeness (QED) is 0.362. The first-order valence-corrected chi connectivity index (χ1v) is 12.8. The lowest BCUT2D eigenvalue weighted by Gasteiger charge is -2.59. The minimum Gasteiger partial charge on any atom is -0.496 e. The van der Waals surface area contributed by atoms with Crippen LogP contribution >= 0.6 is 0 Å². The van der Waals surface area contributed by atoms with Crippen LogP contribution in [0.3, 0.4) is 0 Å². The molecule has 7 rings (SSSR count). The van der Waals surface area contributed by atoms with Gasteiger partial charge in [0.2, 0.25) is 0 Å². The van der Waals surface area contributed by atoms with Crippen LogP contribution < -0.4 is 4.74 Å². The summed E-state index contributed by atoms with van der Waals surface area (Å²) < 4.78 is 11.0. The number of likely N-dealkylation sites (tertiary alicyclic amines) is 1. The Balaban J connectivity index is 1.50. The van der Waals surface area contributed by atoms with E-state index < -0.39 is 5.41 Å². The Hall–Kier alpha value is -3.86. The highest BCUT2D eigenvalue weighted by molar-refractivity contribution is 6.19. The summed E-state index contributed by atoms with van der Waals surface area (Å²) in [6.45, 7) is 4.94. The molecule has 4 aliphatic rings. The average Bonchev–Trinajstić information content (AvgIpc) is 3.40. The highest BCUT2D eigenvalue weighted by atomic mass is 16.5.